The van der Waals surface area contributed by atoms with Gasteiger partial charge in [-0.1, -0.05) is 0 Å². The van der Waals surface area contributed by atoms with Gasteiger partial charge in [0.25, 0.3) is 0 Å². The van der Waals surface area contributed by atoms with Gasteiger partial charge in [-0.05, 0) is 46.7 Å². The number of hydrogen-bond acceptors (Lipinski definition) is 3. The molecule has 124 valence electrons. The average molecular weight is 307 g/mol. The Morgan fingerprint density at radius 2 is 2.00 bits per heavy atom. The van der Waals surface area contributed by atoms with Crippen molar-refractivity contribution < 1.29 is 4.79 Å². The fourth-order valence-electron chi connectivity index (χ4n) is 3.07. The van der Waals surface area contributed by atoms with Crippen molar-refractivity contribution in [2.75, 3.05) is 26.7 Å². The predicted molar refractivity (Wildman–Crippen MR) is 87.8 cm³/mol. The minimum atomic E-state index is -0.0191. The topological polar surface area (TPSA) is 53.4 Å². The SMILES string of the molecule is Cc1nn(C)c(C)c1CN(C)C(=O)N[C@H](C)CN1CCCC1. The standard InChI is InChI=1S/C16H29N5O/c1-12(10-21-8-6-7-9-21)17-16(22)19(4)11-15-13(2)18-20(5)14(15)3/h12H,6-11H2,1-5H3,(H,17,22)/t12-/m1/s1. The second kappa shape index (κ2) is 7.13. The molecule has 1 aromatic heterocycles. The van der Waals surface area contributed by atoms with Gasteiger partial charge in [-0.25, -0.2) is 4.79 Å². The highest BCUT2D eigenvalue weighted by atomic mass is 16.2. The zero-order valence-electron chi connectivity index (χ0n) is 14.5. The zero-order chi connectivity index (χ0) is 16.3. The molecule has 0 saturated carbocycles. The zero-order valence-corrected chi connectivity index (χ0v) is 14.5. The van der Waals surface area contributed by atoms with E-state index in [0.29, 0.717) is 6.54 Å². The van der Waals surface area contributed by atoms with Gasteiger partial charge in [0.05, 0.1) is 12.2 Å². The van der Waals surface area contributed by atoms with Crippen LogP contribution in [-0.4, -0.2) is 58.3 Å². The molecule has 2 amide bonds. The Bertz CT molecular complexity index is 519. The first-order valence-electron chi connectivity index (χ1n) is 8.11. The van der Waals surface area contributed by atoms with Gasteiger partial charge in [-0.15, -0.1) is 0 Å². The molecule has 6 heteroatoms. The molecule has 0 aliphatic carbocycles. The average Bonchev–Trinajstić information content (AvgIpc) is 3.02. The van der Waals surface area contributed by atoms with Crippen molar-refractivity contribution in [1.29, 1.82) is 0 Å². The second-order valence-electron chi connectivity index (χ2n) is 6.49. The van der Waals surface area contributed by atoms with Crippen LogP contribution < -0.4 is 5.32 Å². The van der Waals surface area contributed by atoms with Crippen LogP contribution in [0.15, 0.2) is 0 Å². The number of amides is 2. The number of nitrogens with one attached hydrogen (secondary N) is 1. The first kappa shape index (κ1) is 16.8. The summed E-state index contributed by atoms with van der Waals surface area (Å²) in [5.41, 5.74) is 3.24. The van der Waals surface area contributed by atoms with Crippen molar-refractivity contribution in [3.8, 4) is 0 Å². The Labute approximate surface area is 133 Å². The van der Waals surface area contributed by atoms with Crippen molar-refractivity contribution in [1.82, 2.24) is 24.9 Å². The summed E-state index contributed by atoms with van der Waals surface area (Å²) in [6, 6.07) is 0.151. The van der Waals surface area contributed by atoms with Gasteiger partial charge in [-0.2, -0.15) is 5.10 Å². The molecule has 1 fully saturated rings. The summed E-state index contributed by atoms with van der Waals surface area (Å²) in [6.45, 7) is 9.94. The van der Waals surface area contributed by atoms with E-state index in [0.717, 1.165) is 36.6 Å². The monoisotopic (exact) mass is 307 g/mol. The highest BCUT2D eigenvalue weighted by Crippen LogP contribution is 2.14. The number of aryl methyl sites for hydroxylation is 2. The van der Waals surface area contributed by atoms with E-state index >= 15 is 0 Å². The maximum Gasteiger partial charge on any atom is 0.317 e. The molecule has 1 N–H and O–H groups in total. The molecule has 2 rings (SSSR count). The van der Waals surface area contributed by atoms with Crippen LogP contribution in [0.1, 0.15) is 36.7 Å². The van der Waals surface area contributed by atoms with E-state index in [1.54, 1.807) is 4.90 Å². The van der Waals surface area contributed by atoms with Crippen LogP contribution >= 0.6 is 0 Å². The summed E-state index contributed by atoms with van der Waals surface area (Å²) in [7, 11) is 3.77. The number of rotatable bonds is 5. The smallest absolute Gasteiger partial charge is 0.317 e. The van der Waals surface area contributed by atoms with Gasteiger partial charge in [0, 0.05) is 37.9 Å². The fourth-order valence-corrected chi connectivity index (χ4v) is 3.07. The molecule has 0 bridgehead atoms. The highest BCUT2D eigenvalue weighted by molar-refractivity contribution is 5.74. The van der Waals surface area contributed by atoms with Crippen LogP contribution in [0.25, 0.3) is 0 Å². The maximum absolute atomic E-state index is 12.3. The van der Waals surface area contributed by atoms with Crippen molar-refractivity contribution in [3.05, 3.63) is 17.0 Å². The van der Waals surface area contributed by atoms with E-state index < -0.39 is 0 Å². The molecule has 1 aromatic rings. The van der Waals surface area contributed by atoms with E-state index in [-0.39, 0.29) is 12.1 Å². The Balaban J connectivity index is 1.86. The van der Waals surface area contributed by atoms with Crippen molar-refractivity contribution in [2.24, 2.45) is 7.05 Å². The Morgan fingerprint density at radius 1 is 1.36 bits per heavy atom. The lowest BCUT2D eigenvalue weighted by Crippen LogP contribution is -2.46. The third-order valence-corrected chi connectivity index (χ3v) is 4.50. The van der Waals surface area contributed by atoms with E-state index in [1.807, 2.05) is 32.6 Å². The molecule has 0 aromatic carbocycles. The maximum atomic E-state index is 12.3. The predicted octanol–water partition coefficient (Wildman–Crippen LogP) is 1.66. The van der Waals surface area contributed by atoms with Crippen molar-refractivity contribution in [3.63, 3.8) is 0 Å². The number of urea groups is 1. The minimum Gasteiger partial charge on any atom is -0.334 e. The number of hydrogen-bond donors (Lipinski definition) is 1. The summed E-state index contributed by atoms with van der Waals surface area (Å²) in [4.78, 5) is 16.5. The highest BCUT2D eigenvalue weighted by Gasteiger charge is 2.19. The molecule has 1 aliphatic rings. The summed E-state index contributed by atoms with van der Waals surface area (Å²) in [5, 5.41) is 7.49. The van der Waals surface area contributed by atoms with Crippen LogP contribution in [0.3, 0.4) is 0 Å². The van der Waals surface area contributed by atoms with Gasteiger partial charge in [-0.3, -0.25) is 4.68 Å². The molecule has 1 atom stereocenters. The molecule has 2 heterocycles. The van der Waals surface area contributed by atoms with E-state index in [9.17, 15) is 4.79 Å². The van der Waals surface area contributed by atoms with E-state index in [1.165, 1.54) is 12.8 Å². The first-order valence-corrected chi connectivity index (χ1v) is 8.11. The quantitative estimate of drug-likeness (QED) is 0.900. The third kappa shape index (κ3) is 4.00. The number of carbonyl (C=O) groups is 1. The van der Waals surface area contributed by atoms with Gasteiger partial charge in [0.2, 0.25) is 0 Å². The lowest BCUT2D eigenvalue weighted by Gasteiger charge is -2.24. The lowest BCUT2D eigenvalue weighted by atomic mass is 10.2. The molecule has 0 spiro atoms. The molecule has 0 radical (unpaired) electrons. The van der Waals surface area contributed by atoms with Crippen LogP contribution in [0.4, 0.5) is 4.79 Å². The van der Waals surface area contributed by atoms with Crippen molar-refractivity contribution >= 4 is 6.03 Å². The summed E-state index contributed by atoms with van der Waals surface area (Å²) < 4.78 is 1.87. The first-order chi connectivity index (χ1) is 10.4. The molecular weight excluding hydrogens is 278 g/mol. The molecule has 22 heavy (non-hydrogen) atoms. The summed E-state index contributed by atoms with van der Waals surface area (Å²) in [5.74, 6) is 0. The molecule has 0 unspecified atom stereocenters. The van der Waals surface area contributed by atoms with Gasteiger partial charge < -0.3 is 15.1 Å². The molecule has 6 nitrogen and oxygen atoms in total. The Morgan fingerprint density at radius 3 is 2.55 bits per heavy atom. The fraction of sp³-hybridized carbons (Fsp3) is 0.750. The number of carbonyl (C=O) groups excluding carboxylic acids is 1. The van der Waals surface area contributed by atoms with Crippen LogP contribution in [0, 0.1) is 13.8 Å². The minimum absolute atomic E-state index is 0.0191. The molecular formula is C16H29N5O. The van der Waals surface area contributed by atoms with Gasteiger partial charge >= 0.3 is 6.03 Å². The Kier molecular flexibility index (Phi) is 5.45. The summed E-state index contributed by atoms with van der Waals surface area (Å²) in [6.07, 6.45) is 2.56. The van der Waals surface area contributed by atoms with Crippen LogP contribution in [-0.2, 0) is 13.6 Å². The van der Waals surface area contributed by atoms with Gasteiger partial charge in [0.1, 0.15) is 0 Å². The van der Waals surface area contributed by atoms with Crippen LogP contribution in [0.2, 0.25) is 0 Å². The largest absolute Gasteiger partial charge is 0.334 e. The number of nitrogens with zero attached hydrogens (tertiary/aromatic N) is 4. The summed E-state index contributed by atoms with van der Waals surface area (Å²) >= 11 is 0. The normalized spacial score (nSPS) is 16.8. The van der Waals surface area contributed by atoms with Gasteiger partial charge in [0.15, 0.2) is 0 Å². The molecule has 1 saturated heterocycles. The van der Waals surface area contributed by atoms with Crippen molar-refractivity contribution in [2.45, 2.75) is 46.2 Å². The Hall–Kier alpha value is -1.56. The van der Waals surface area contributed by atoms with E-state index in [4.69, 9.17) is 0 Å². The van der Waals surface area contributed by atoms with Crippen LogP contribution in [0.5, 0.6) is 0 Å². The number of likely N-dealkylation sites (tertiary alicyclic amines) is 1. The molecule has 1 aliphatic heterocycles. The lowest BCUT2D eigenvalue weighted by molar-refractivity contribution is 0.198. The second-order valence-corrected chi connectivity index (χ2v) is 6.49. The van der Waals surface area contributed by atoms with E-state index in [2.05, 4.69) is 22.2 Å². The number of aromatic nitrogens is 2. The third-order valence-electron chi connectivity index (χ3n) is 4.50.